The van der Waals surface area contributed by atoms with Crippen LogP contribution >= 0.6 is 0 Å². The molecule has 3 aromatic rings. The minimum absolute atomic E-state index is 0.0419. The fourth-order valence-corrected chi connectivity index (χ4v) is 3.41. The first-order chi connectivity index (χ1) is 13.7. The van der Waals surface area contributed by atoms with Gasteiger partial charge >= 0.3 is 0 Å². The Morgan fingerprint density at radius 2 is 2.32 bits per heavy atom. The fourth-order valence-electron chi connectivity index (χ4n) is 3.41. The molecule has 1 aromatic carbocycles. The number of aliphatic hydroxyl groups is 1. The van der Waals surface area contributed by atoms with Gasteiger partial charge in [0.25, 0.3) is 5.91 Å². The standard InChI is InChI=1S/C20H22N4O4/c1-27-17-4-2-3-15-7-14(12-28-18(15)17)9-22-20(26)16-10-23-24-11-13(5-6-25)8-21-19(16)24/h2-4,8,10-11,14,25H,5-7,9,12H2,1H3,(H,22,26)/t14-/m1/s1. The van der Waals surface area contributed by atoms with Crippen molar-refractivity contribution in [1.82, 2.24) is 19.9 Å². The Hall–Kier alpha value is -3.13. The topological polar surface area (TPSA) is 98.0 Å². The summed E-state index contributed by atoms with van der Waals surface area (Å²) in [6.07, 6.45) is 6.25. The number of nitrogens with zero attached hydrogens (tertiary/aromatic N) is 3. The van der Waals surface area contributed by atoms with Crippen LogP contribution in [-0.4, -0.2) is 52.5 Å². The van der Waals surface area contributed by atoms with Crippen LogP contribution in [0.2, 0.25) is 0 Å². The molecule has 0 spiro atoms. The Morgan fingerprint density at radius 1 is 1.43 bits per heavy atom. The van der Waals surface area contributed by atoms with Gasteiger partial charge in [-0.2, -0.15) is 5.10 Å². The predicted octanol–water partition coefficient (Wildman–Crippen LogP) is 1.25. The van der Waals surface area contributed by atoms with E-state index in [0.717, 1.165) is 29.0 Å². The van der Waals surface area contributed by atoms with E-state index in [-0.39, 0.29) is 18.4 Å². The third-order valence-corrected chi connectivity index (χ3v) is 4.86. The number of fused-ring (bicyclic) bond motifs is 2. The smallest absolute Gasteiger partial charge is 0.256 e. The second-order valence-corrected chi connectivity index (χ2v) is 6.80. The van der Waals surface area contributed by atoms with Crippen LogP contribution in [-0.2, 0) is 12.8 Å². The van der Waals surface area contributed by atoms with Crippen LogP contribution in [0.1, 0.15) is 21.5 Å². The number of nitrogens with one attached hydrogen (secondary N) is 1. The van der Waals surface area contributed by atoms with Gasteiger partial charge < -0.3 is 19.9 Å². The molecule has 1 aliphatic heterocycles. The SMILES string of the molecule is COc1cccc2c1OC[C@@H](CNC(=O)c1cnn3cc(CCO)cnc13)C2. The number of amides is 1. The summed E-state index contributed by atoms with van der Waals surface area (Å²) in [7, 11) is 1.63. The van der Waals surface area contributed by atoms with E-state index in [1.165, 1.54) is 6.20 Å². The van der Waals surface area contributed by atoms with E-state index in [1.807, 2.05) is 18.2 Å². The number of aromatic nitrogens is 3. The Balaban J connectivity index is 1.41. The van der Waals surface area contributed by atoms with Gasteiger partial charge in [0.1, 0.15) is 5.56 Å². The molecule has 146 valence electrons. The van der Waals surface area contributed by atoms with E-state index < -0.39 is 0 Å². The van der Waals surface area contributed by atoms with Gasteiger partial charge in [-0.15, -0.1) is 0 Å². The van der Waals surface area contributed by atoms with Crippen molar-refractivity contribution in [3.8, 4) is 11.5 Å². The number of rotatable bonds is 6. The van der Waals surface area contributed by atoms with Crippen molar-refractivity contribution < 1.29 is 19.4 Å². The van der Waals surface area contributed by atoms with Crippen LogP contribution in [0.4, 0.5) is 0 Å². The second kappa shape index (κ2) is 7.85. The van der Waals surface area contributed by atoms with Gasteiger partial charge in [0.05, 0.1) is 19.9 Å². The largest absolute Gasteiger partial charge is 0.493 e. The van der Waals surface area contributed by atoms with Crippen molar-refractivity contribution in [2.75, 3.05) is 26.9 Å². The molecule has 0 saturated carbocycles. The van der Waals surface area contributed by atoms with Crippen molar-refractivity contribution in [1.29, 1.82) is 0 Å². The van der Waals surface area contributed by atoms with Gasteiger partial charge in [-0.3, -0.25) is 4.79 Å². The molecule has 1 atom stereocenters. The van der Waals surface area contributed by atoms with Crippen LogP contribution in [0.25, 0.3) is 5.65 Å². The summed E-state index contributed by atoms with van der Waals surface area (Å²) in [5.41, 5.74) is 2.86. The molecule has 1 aliphatic rings. The van der Waals surface area contributed by atoms with Crippen LogP contribution in [0.5, 0.6) is 11.5 Å². The van der Waals surface area contributed by atoms with E-state index in [2.05, 4.69) is 15.4 Å². The van der Waals surface area contributed by atoms with Gasteiger partial charge in [-0.25, -0.2) is 9.50 Å². The first kappa shape index (κ1) is 18.2. The molecule has 4 rings (SSSR count). The highest BCUT2D eigenvalue weighted by molar-refractivity contribution is 5.99. The number of para-hydroxylation sites is 1. The van der Waals surface area contributed by atoms with Crippen LogP contribution < -0.4 is 14.8 Å². The van der Waals surface area contributed by atoms with E-state index in [0.29, 0.717) is 30.8 Å². The molecule has 0 aliphatic carbocycles. The van der Waals surface area contributed by atoms with Gasteiger partial charge in [0.2, 0.25) is 0 Å². The van der Waals surface area contributed by atoms with Crippen molar-refractivity contribution in [2.45, 2.75) is 12.8 Å². The van der Waals surface area contributed by atoms with E-state index in [1.54, 1.807) is 24.0 Å². The van der Waals surface area contributed by atoms with Gasteiger partial charge in [0.15, 0.2) is 17.1 Å². The first-order valence-corrected chi connectivity index (χ1v) is 9.19. The molecule has 8 nitrogen and oxygen atoms in total. The average Bonchev–Trinajstić information content (AvgIpc) is 3.15. The second-order valence-electron chi connectivity index (χ2n) is 6.80. The number of aliphatic hydroxyl groups excluding tert-OH is 1. The molecule has 0 bridgehead atoms. The lowest BCUT2D eigenvalue weighted by Crippen LogP contribution is -2.34. The molecule has 0 fully saturated rings. The number of hydrogen-bond acceptors (Lipinski definition) is 6. The highest BCUT2D eigenvalue weighted by Crippen LogP contribution is 2.35. The number of ether oxygens (including phenoxy) is 2. The summed E-state index contributed by atoms with van der Waals surface area (Å²) in [5.74, 6) is 1.49. The highest BCUT2D eigenvalue weighted by atomic mass is 16.5. The predicted molar refractivity (Wildman–Crippen MR) is 102 cm³/mol. The Bertz CT molecular complexity index is 1000. The number of methoxy groups -OCH3 is 1. The van der Waals surface area contributed by atoms with E-state index in [9.17, 15) is 4.79 Å². The molecular weight excluding hydrogens is 360 g/mol. The third kappa shape index (κ3) is 3.50. The zero-order valence-electron chi connectivity index (χ0n) is 15.6. The monoisotopic (exact) mass is 382 g/mol. The molecule has 1 amide bonds. The molecule has 8 heteroatoms. The summed E-state index contributed by atoms with van der Waals surface area (Å²) in [6.45, 7) is 1.06. The van der Waals surface area contributed by atoms with Crippen LogP contribution in [0.3, 0.4) is 0 Å². The zero-order chi connectivity index (χ0) is 19.5. The van der Waals surface area contributed by atoms with Crippen molar-refractivity contribution in [3.05, 3.63) is 53.5 Å². The molecule has 0 unspecified atom stereocenters. The number of hydrogen-bond donors (Lipinski definition) is 2. The summed E-state index contributed by atoms with van der Waals surface area (Å²) >= 11 is 0. The lowest BCUT2D eigenvalue weighted by Gasteiger charge is -2.26. The molecule has 3 heterocycles. The lowest BCUT2D eigenvalue weighted by molar-refractivity contribution is 0.0940. The quantitative estimate of drug-likeness (QED) is 0.666. The molecule has 2 aromatic heterocycles. The van der Waals surface area contributed by atoms with Crippen molar-refractivity contribution >= 4 is 11.6 Å². The van der Waals surface area contributed by atoms with E-state index in [4.69, 9.17) is 14.6 Å². The number of benzene rings is 1. The maximum atomic E-state index is 12.6. The minimum Gasteiger partial charge on any atom is -0.493 e. The number of carbonyl (C=O) groups is 1. The van der Waals surface area contributed by atoms with Gasteiger partial charge in [-0.1, -0.05) is 12.1 Å². The van der Waals surface area contributed by atoms with Crippen molar-refractivity contribution in [3.63, 3.8) is 0 Å². The van der Waals surface area contributed by atoms with Crippen molar-refractivity contribution in [2.24, 2.45) is 5.92 Å². The summed E-state index contributed by atoms with van der Waals surface area (Å²) in [5, 5.41) is 16.2. The summed E-state index contributed by atoms with van der Waals surface area (Å²) in [4.78, 5) is 16.9. The molecule has 28 heavy (non-hydrogen) atoms. The Morgan fingerprint density at radius 3 is 3.14 bits per heavy atom. The number of carbonyl (C=O) groups excluding carboxylic acids is 1. The zero-order valence-corrected chi connectivity index (χ0v) is 15.6. The van der Waals surface area contributed by atoms with E-state index >= 15 is 0 Å². The average molecular weight is 382 g/mol. The van der Waals surface area contributed by atoms with Gasteiger partial charge in [-0.05, 0) is 30.0 Å². The summed E-state index contributed by atoms with van der Waals surface area (Å²) < 4.78 is 12.8. The Labute approximate surface area is 162 Å². The molecule has 0 radical (unpaired) electrons. The Kier molecular flexibility index (Phi) is 5.12. The van der Waals surface area contributed by atoms with Crippen LogP contribution in [0, 0.1) is 5.92 Å². The van der Waals surface area contributed by atoms with Gasteiger partial charge in [0, 0.05) is 31.5 Å². The summed E-state index contributed by atoms with van der Waals surface area (Å²) in [6, 6.07) is 5.84. The molecular formula is C20H22N4O4. The first-order valence-electron chi connectivity index (χ1n) is 9.19. The fraction of sp³-hybridized carbons (Fsp3) is 0.350. The minimum atomic E-state index is -0.214. The molecule has 2 N–H and O–H groups in total. The lowest BCUT2D eigenvalue weighted by atomic mass is 9.96. The maximum absolute atomic E-state index is 12.6. The maximum Gasteiger partial charge on any atom is 0.256 e. The molecule has 0 saturated heterocycles. The van der Waals surface area contributed by atoms with Crippen LogP contribution in [0.15, 0.2) is 36.8 Å². The third-order valence-electron chi connectivity index (χ3n) is 4.86. The normalized spacial score (nSPS) is 15.7. The highest BCUT2D eigenvalue weighted by Gasteiger charge is 2.24.